The van der Waals surface area contributed by atoms with Gasteiger partial charge in [-0.2, -0.15) is 5.10 Å². The molecule has 0 aliphatic heterocycles. The Balaban J connectivity index is 1.70. The molecule has 5 heteroatoms. The number of fused-ring (bicyclic) bond motifs is 1. The number of nitrogens with zero attached hydrogens (tertiary/aromatic N) is 3. The van der Waals surface area contributed by atoms with E-state index in [9.17, 15) is 0 Å². The van der Waals surface area contributed by atoms with Crippen LogP contribution in [-0.2, 0) is 0 Å². The molecule has 0 atom stereocenters. The minimum atomic E-state index is 0.616. The van der Waals surface area contributed by atoms with Crippen molar-refractivity contribution in [1.29, 1.82) is 0 Å². The van der Waals surface area contributed by atoms with E-state index >= 15 is 0 Å². The van der Waals surface area contributed by atoms with E-state index in [1.165, 1.54) is 0 Å². The molecule has 0 saturated heterocycles. The topological polar surface area (TPSA) is 54.5 Å². The molecule has 0 aliphatic carbocycles. The number of benzene rings is 3. The van der Waals surface area contributed by atoms with E-state index in [-0.39, 0.29) is 0 Å². The molecule has 0 radical (unpaired) electrons. The molecule has 4 nitrogen and oxygen atoms in total. The first-order chi connectivity index (χ1) is 13.8. The lowest BCUT2D eigenvalue weighted by Gasteiger charge is -2.07. The van der Waals surface area contributed by atoms with Crippen molar-refractivity contribution in [3.63, 3.8) is 0 Å². The van der Waals surface area contributed by atoms with E-state index in [1.54, 1.807) is 0 Å². The van der Waals surface area contributed by atoms with Gasteiger partial charge in [-0.1, -0.05) is 72.3 Å². The second-order valence-electron chi connectivity index (χ2n) is 6.43. The predicted octanol–water partition coefficient (Wildman–Crippen LogP) is 6.01. The summed E-state index contributed by atoms with van der Waals surface area (Å²) >= 11 is 6.32. The molecule has 134 valence electrons. The summed E-state index contributed by atoms with van der Waals surface area (Å²) in [6, 6.07) is 27.8. The van der Waals surface area contributed by atoms with Crippen LogP contribution in [0.4, 0.5) is 0 Å². The van der Waals surface area contributed by atoms with Crippen LogP contribution in [-0.4, -0.2) is 20.2 Å². The number of halogens is 1. The standard InChI is InChI=1S/C23H15ClN4/c24-19-12-6-4-11-17(19)22-26-23(28-27-22)18-14-21(15-8-2-1-3-9-15)25-20-13-7-5-10-16(18)20/h1-14H,(H,26,27,28). The largest absolute Gasteiger partial charge is 0.259 e. The summed E-state index contributed by atoms with van der Waals surface area (Å²) < 4.78 is 0. The minimum Gasteiger partial charge on any atom is -0.259 e. The third kappa shape index (κ3) is 2.94. The fraction of sp³-hybridized carbons (Fsp3) is 0. The second-order valence-corrected chi connectivity index (χ2v) is 6.83. The molecule has 0 spiro atoms. The molecular formula is C23H15ClN4. The lowest BCUT2D eigenvalue weighted by atomic mass is 10.0. The van der Waals surface area contributed by atoms with Gasteiger partial charge in [-0.3, -0.25) is 5.10 Å². The minimum absolute atomic E-state index is 0.616. The van der Waals surface area contributed by atoms with Crippen LogP contribution in [0.1, 0.15) is 0 Å². The molecule has 2 aromatic heterocycles. The Labute approximate surface area is 166 Å². The summed E-state index contributed by atoms with van der Waals surface area (Å²) in [5.74, 6) is 1.26. The summed E-state index contributed by atoms with van der Waals surface area (Å²) in [5, 5.41) is 9.13. The average Bonchev–Trinajstić information content (AvgIpc) is 3.24. The van der Waals surface area contributed by atoms with Crippen molar-refractivity contribution in [1.82, 2.24) is 20.2 Å². The van der Waals surface area contributed by atoms with Crippen LogP contribution in [0, 0.1) is 0 Å². The van der Waals surface area contributed by atoms with E-state index in [2.05, 4.69) is 10.2 Å². The summed E-state index contributed by atoms with van der Waals surface area (Å²) in [5.41, 5.74) is 4.60. The van der Waals surface area contributed by atoms with E-state index in [1.807, 2.05) is 84.9 Å². The first kappa shape index (κ1) is 16.7. The normalized spacial score (nSPS) is 11.0. The fourth-order valence-corrected chi connectivity index (χ4v) is 3.50. The number of aromatic amines is 1. The molecule has 0 bridgehead atoms. The van der Waals surface area contributed by atoms with Crippen molar-refractivity contribution in [2.24, 2.45) is 0 Å². The number of hydrogen-bond acceptors (Lipinski definition) is 3. The quantitative estimate of drug-likeness (QED) is 0.416. The monoisotopic (exact) mass is 382 g/mol. The van der Waals surface area contributed by atoms with Gasteiger partial charge in [0, 0.05) is 22.1 Å². The van der Waals surface area contributed by atoms with E-state index in [4.69, 9.17) is 21.6 Å². The van der Waals surface area contributed by atoms with Crippen molar-refractivity contribution in [3.8, 4) is 34.0 Å². The van der Waals surface area contributed by atoms with Gasteiger partial charge in [-0.25, -0.2) is 9.97 Å². The van der Waals surface area contributed by atoms with Gasteiger partial charge in [-0.05, 0) is 24.3 Å². The van der Waals surface area contributed by atoms with Gasteiger partial charge in [-0.15, -0.1) is 0 Å². The maximum Gasteiger partial charge on any atom is 0.182 e. The highest BCUT2D eigenvalue weighted by Crippen LogP contribution is 2.32. The van der Waals surface area contributed by atoms with Gasteiger partial charge in [0.25, 0.3) is 0 Å². The maximum absolute atomic E-state index is 6.32. The molecule has 28 heavy (non-hydrogen) atoms. The van der Waals surface area contributed by atoms with Crippen LogP contribution in [0.2, 0.25) is 5.02 Å². The highest BCUT2D eigenvalue weighted by Gasteiger charge is 2.15. The van der Waals surface area contributed by atoms with Gasteiger partial charge >= 0.3 is 0 Å². The summed E-state index contributed by atoms with van der Waals surface area (Å²) in [6.45, 7) is 0. The summed E-state index contributed by atoms with van der Waals surface area (Å²) in [7, 11) is 0. The van der Waals surface area contributed by atoms with Gasteiger partial charge in [0.05, 0.1) is 16.2 Å². The molecule has 0 saturated carbocycles. The van der Waals surface area contributed by atoms with Gasteiger partial charge < -0.3 is 0 Å². The van der Waals surface area contributed by atoms with Crippen molar-refractivity contribution < 1.29 is 0 Å². The third-order valence-corrected chi connectivity index (χ3v) is 4.97. The van der Waals surface area contributed by atoms with Crippen molar-refractivity contribution in [2.45, 2.75) is 0 Å². The second kappa shape index (κ2) is 6.91. The summed E-state index contributed by atoms with van der Waals surface area (Å²) in [6.07, 6.45) is 0. The number of nitrogens with one attached hydrogen (secondary N) is 1. The Morgan fingerprint density at radius 1 is 0.714 bits per heavy atom. The van der Waals surface area contributed by atoms with Crippen LogP contribution in [0.15, 0.2) is 84.9 Å². The van der Waals surface area contributed by atoms with Crippen LogP contribution in [0.25, 0.3) is 44.9 Å². The Morgan fingerprint density at radius 3 is 2.32 bits per heavy atom. The van der Waals surface area contributed by atoms with Crippen LogP contribution in [0.3, 0.4) is 0 Å². The maximum atomic E-state index is 6.32. The number of rotatable bonds is 3. The van der Waals surface area contributed by atoms with E-state index in [0.717, 1.165) is 33.3 Å². The lowest BCUT2D eigenvalue weighted by Crippen LogP contribution is -1.91. The molecule has 0 aliphatic rings. The van der Waals surface area contributed by atoms with Gasteiger partial charge in [0.1, 0.15) is 0 Å². The van der Waals surface area contributed by atoms with Crippen LogP contribution >= 0.6 is 11.6 Å². The Bertz CT molecular complexity index is 1280. The number of para-hydroxylation sites is 1. The molecule has 1 N–H and O–H groups in total. The number of H-pyrrole nitrogens is 1. The number of pyridine rings is 1. The first-order valence-electron chi connectivity index (χ1n) is 8.92. The number of hydrogen-bond donors (Lipinski definition) is 1. The smallest absolute Gasteiger partial charge is 0.182 e. The first-order valence-corrected chi connectivity index (χ1v) is 9.30. The molecule has 0 fully saturated rings. The zero-order chi connectivity index (χ0) is 18.9. The fourth-order valence-electron chi connectivity index (χ4n) is 3.27. The van der Waals surface area contributed by atoms with Gasteiger partial charge in [0.15, 0.2) is 11.6 Å². The molecule has 3 aromatic carbocycles. The highest BCUT2D eigenvalue weighted by molar-refractivity contribution is 6.33. The lowest BCUT2D eigenvalue weighted by molar-refractivity contribution is 1.10. The Morgan fingerprint density at radius 2 is 1.46 bits per heavy atom. The van der Waals surface area contributed by atoms with Crippen molar-refractivity contribution >= 4 is 22.5 Å². The van der Waals surface area contributed by atoms with Crippen molar-refractivity contribution in [3.05, 3.63) is 90.0 Å². The predicted molar refractivity (Wildman–Crippen MR) is 113 cm³/mol. The number of aromatic nitrogens is 4. The average molecular weight is 383 g/mol. The molecule has 0 amide bonds. The van der Waals surface area contributed by atoms with Gasteiger partial charge in [0.2, 0.25) is 0 Å². The Hall–Kier alpha value is -3.50. The molecular weight excluding hydrogens is 368 g/mol. The zero-order valence-corrected chi connectivity index (χ0v) is 15.6. The highest BCUT2D eigenvalue weighted by atomic mass is 35.5. The molecule has 2 heterocycles. The zero-order valence-electron chi connectivity index (χ0n) is 14.8. The third-order valence-electron chi connectivity index (χ3n) is 4.64. The molecule has 5 aromatic rings. The van der Waals surface area contributed by atoms with E-state index < -0.39 is 0 Å². The Kier molecular flexibility index (Phi) is 4.11. The van der Waals surface area contributed by atoms with E-state index in [0.29, 0.717) is 16.7 Å². The molecule has 5 rings (SSSR count). The molecule has 0 unspecified atom stereocenters. The van der Waals surface area contributed by atoms with Crippen molar-refractivity contribution in [2.75, 3.05) is 0 Å². The SMILES string of the molecule is Clc1ccccc1-c1nc(-c2cc(-c3ccccc3)nc3ccccc23)n[nH]1. The van der Waals surface area contributed by atoms with Crippen LogP contribution < -0.4 is 0 Å². The summed E-state index contributed by atoms with van der Waals surface area (Å²) in [4.78, 5) is 9.54. The van der Waals surface area contributed by atoms with Crippen LogP contribution in [0.5, 0.6) is 0 Å².